The number of carbonyl (C=O) groups excluding carboxylic acids is 4. The molecule has 10 nitrogen and oxygen atoms in total. The molecule has 2 aliphatic rings. The lowest BCUT2D eigenvalue weighted by Gasteiger charge is -2.50. The van der Waals surface area contributed by atoms with Crippen molar-refractivity contribution < 1.29 is 33.2 Å². The smallest absolute Gasteiger partial charge is 0.355 e. The van der Waals surface area contributed by atoms with E-state index in [1.54, 1.807) is 43.5 Å². The van der Waals surface area contributed by atoms with Crippen LogP contribution in [0.25, 0.3) is 0 Å². The number of fused-ring (bicyclic) bond motifs is 1. The first-order chi connectivity index (χ1) is 23.7. The number of hydrogen-bond acceptors (Lipinski definition) is 8. The zero-order valence-electron chi connectivity index (χ0n) is 29.6. The number of hydrogen-bond donors (Lipinski definition) is 1. The molecule has 2 atom stereocenters. The van der Waals surface area contributed by atoms with Gasteiger partial charge in [-0.2, -0.15) is 0 Å². The fraction of sp³-hybridized carbons (Fsp3) is 0.368. The van der Waals surface area contributed by atoms with Gasteiger partial charge in [0, 0.05) is 11.3 Å². The van der Waals surface area contributed by atoms with Gasteiger partial charge in [-0.3, -0.25) is 19.3 Å². The predicted molar refractivity (Wildman–Crippen MR) is 195 cm³/mol. The number of methoxy groups -OCH3 is 1. The number of esters is 1. The molecule has 264 valence electrons. The summed E-state index contributed by atoms with van der Waals surface area (Å²) in [5, 5.41) is 3.47. The SMILES string of the molecule is COc1ccc(COC(=O)C2=C(CN(O[Si](C)(C)C(C)(C)C)C(=O)c3ccc(C)cc3)CS[C@@H]3[C@H](NC(=O)Cc4ccccc4)C(=O)N23)cc1. The Morgan fingerprint density at radius 1 is 0.960 bits per heavy atom. The second-order valence-corrected chi connectivity index (χ2v) is 19.9. The van der Waals surface area contributed by atoms with Gasteiger partial charge in [0.25, 0.3) is 11.8 Å². The van der Waals surface area contributed by atoms with E-state index in [0.717, 1.165) is 16.7 Å². The zero-order chi connectivity index (χ0) is 36.2. The number of nitrogens with zero attached hydrogens (tertiary/aromatic N) is 2. The zero-order valence-corrected chi connectivity index (χ0v) is 31.5. The fourth-order valence-corrected chi connectivity index (χ4v) is 7.62. The lowest BCUT2D eigenvalue weighted by molar-refractivity contribution is -0.153. The Bertz CT molecular complexity index is 1760. The molecule has 1 N–H and O–H groups in total. The molecule has 0 aromatic heterocycles. The van der Waals surface area contributed by atoms with E-state index in [1.165, 1.54) is 21.7 Å². The van der Waals surface area contributed by atoms with Gasteiger partial charge in [0.1, 0.15) is 29.5 Å². The molecule has 0 aliphatic carbocycles. The molecule has 0 saturated carbocycles. The molecule has 2 heterocycles. The lowest BCUT2D eigenvalue weighted by Crippen LogP contribution is -2.71. The molecule has 0 radical (unpaired) electrons. The van der Waals surface area contributed by atoms with Crippen molar-refractivity contribution in [1.29, 1.82) is 0 Å². The highest BCUT2D eigenvalue weighted by atomic mass is 32.2. The Hall–Kier alpha value is -4.39. The molecular formula is C38H45N3O7SSi. The van der Waals surface area contributed by atoms with Crippen LogP contribution in [0.4, 0.5) is 0 Å². The maximum atomic E-state index is 14.1. The molecule has 3 aromatic rings. The molecule has 1 saturated heterocycles. The van der Waals surface area contributed by atoms with Crippen molar-refractivity contribution in [3.05, 3.63) is 112 Å². The number of benzene rings is 3. The van der Waals surface area contributed by atoms with Crippen LogP contribution in [-0.4, -0.2) is 72.8 Å². The third kappa shape index (κ3) is 8.31. The molecule has 2 aliphatic heterocycles. The molecule has 5 rings (SSSR count). The van der Waals surface area contributed by atoms with Crippen molar-refractivity contribution >= 4 is 43.8 Å². The quantitative estimate of drug-likeness (QED) is 0.105. The number of nitrogens with one attached hydrogen (secondary N) is 1. The second kappa shape index (κ2) is 15.2. The summed E-state index contributed by atoms with van der Waals surface area (Å²) < 4.78 is 17.7. The molecule has 0 bridgehead atoms. The van der Waals surface area contributed by atoms with Gasteiger partial charge in [0.15, 0.2) is 0 Å². The van der Waals surface area contributed by atoms with Gasteiger partial charge >= 0.3 is 5.97 Å². The van der Waals surface area contributed by atoms with Gasteiger partial charge in [-0.25, -0.2) is 9.86 Å². The van der Waals surface area contributed by atoms with Gasteiger partial charge in [0.05, 0.1) is 20.1 Å². The average Bonchev–Trinajstić information content (AvgIpc) is 3.09. The highest BCUT2D eigenvalue weighted by molar-refractivity contribution is 8.00. The van der Waals surface area contributed by atoms with Crippen LogP contribution in [0.3, 0.4) is 0 Å². The minimum absolute atomic E-state index is 0.0385. The summed E-state index contributed by atoms with van der Waals surface area (Å²) in [5.74, 6) is -0.765. The number of carbonyl (C=O) groups is 4. The first-order valence-electron chi connectivity index (χ1n) is 16.6. The number of β-lactam (4-membered cyclic amide) rings is 1. The van der Waals surface area contributed by atoms with E-state index in [1.807, 2.05) is 62.5 Å². The number of ether oxygens (including phenoxy) is 2. The van der Waals surface area contributed by atoms with E-state index in [9.17, 15) is 19.2 Å². The molecule has 12 heteroatoms. The van der Waals surface area contributed by atoms with Crippen molar-refractivity contribution in [1.82, 2.24) is 15.3 Å². The minimum atomic E-state index is -2.55. The van der Waals surface area contributed by atoms with E-state index in [2.05, 4.69) is 26.1 Å². The van der Waals surface area contributed by atoms with Crippen LogP contribution in [0.15, 0.2) is 90.1 Å². The summed E-state index contributed by atoms with van der Waals surface area (Å²) in [7, 11) is -0.973. The molecular weight excluding hydrogens is 671 g/mol. The van der Waals surface area contributed by atoms with Crippen molar-refractivity contribution in [2.75, 3.05) is 19.4 Å². The number of hydroxylamine groups is 2. The van der Waals surface area contributed by atoms with Crippen molar-refractivity contribution in [2.45, 2.75) is 70.3 Å². The van der Waals surface area contributed by atoms with Crippen LogP contribution in [0.5, 0.6) is 5.75 Å². The Labute approximate surface area is 299 Å². The summed E-state index contributed by atoms with van der Waals surface area (Å²) in [4.78, 5) is 56.2. The van der Waals surface area contributed by atoms with Crippen molar-refractivity contribution in [3.63, 3.8) is 0 Å². The summed E-state index contributed by atoms with van der Waals surface area (Å²) in [5.41, 5.74) is 3.62. The Balaban J connectivity index is 1.45. The Morgan fingerprint density at radius 2 is 1.62 bits per heavy atom. The Kier molecular flexibility index (Phi) is 11.2. The lowest BCUT2D eigenvalue weighted by atomic mass is 10.0. The van der Waals surface area contributed by atoms with E-state index in [-0.39, 0.29) is 42.1 Å². The van der Waals surface area contributed by atoms with Crippen LogP contribution in [0, 0.1) is 6.92 Å². The molecule has 0 unspecified atom stereocenters. The van der Waals surface area contributed by atoms with E-state index in [0.29, 0.717) is 22.6 Å². The standard InChI is InChI=1S/C38H45N3O7SSi/c1-25-13-17-28(18-14-25)34(43)40(48-50(6,7)38(2,3)4)22-29-24-49-36-32(39-31(42)21-26-11-9-8-10-12-26)35(44)41(36)33(29)37(45)47-23-27-15-19-30(46-5)20-16-27/h8-20,32,36H,21-24H2,1-7H3,(H,39,42)/t32-,36-/m1/s1. The fourth-order valence-electron chi connectivity index (χ4n) is 5.31. The molecule has 50 heavy (non-hydrogen) atoms. The number of rotatable bonds is 12. The van der Waals surface area contributed by atoms with Crippen LogP contribution in [-0.2, 0) is 36.7 Å². The first kappa shape index (κ1) is 36.9. The maximum absolute atomic E-state index is 14.1. The van der Waals surface area contributed by atoms with Gasteiger partial charge in [0.2, 0.25) is 14.2 Å². The van der Waals surface area contributed by atoms with Crippen molar-refractivity contribution in [3.8, 4) is 5.75 Å². The summed E-state index contributed by atoms with van der Waals surface area (Å²) in [6.45, 7) is 12.2. The maximum Gasteiger partial charge on any atom is 0.355 e. The predicted octanol–water partition coefficient (Wildman–Crippen LogP) is 6.02. The van der Waals surface area contributed by atoms with Crippen molar-refractivity contribution in [2.24, 2.45) is 0 Å². The van der Waals surface area contributed by atoms with E-state index in [4.69, 9.17) is 14.0 Å². The summed E-state index contributed by atoms with van der Waals surface area (Å²) in [6, 6.07) is 22.9. The van der Waals surface area contributed by atoms with Crippen LogP contribution >= 0.6 is 11.8 Å². The average molecular weight is 716 g/mol. The van der Waals surface area contributed by atoms with Gasteiger partial charge < -0.3 is 19.3 Å². The molecule has 0 spiro atoms. The summed E-state index contributed by atoms with van der Waals surface area (Å²) in [6.07, 6.45) is 0.126. The third-order valence-electron chi connectivity index (χ3n) is 9.30. The van der Waals surface area contributed by atoms with Gasteiger partial charge in [-0.15, -0.1) is 11.8 Å². The largest absolute Gasteiger partial charge is 0.497 e. The molecule has 3 amide bonds. The summed E-state index contributed by atoms with van der Waals surface area (Å²) >= 11 is 1.42. The van der Waals surface area contributed by atoms with E-state index < -0.39 is 31.6 Å². The first-order valence-corrected chi connectivity index (χ1v) is 20.5. The van der Waals surface area contributed by atoms with Gasteiger partial charge in [-0.1, -0.05) is 80.9 Å². The van der Waals surface area contributed by atoms with Crippen LogP contribution in [0.1, 0.15) is 47.8 Å². The molecule has 3 aromatic carbocycles. The highest BCUT2D eigenvalue weighted by Gasteiger charge is 2.55. The number of aryl methyl sites for hydroxylation is 1. The highest BCUT2D eigenvalue weighted by Crippen LogP contribution is 2.42. The molecule has 1 fully saturated rings. The topological polar surface area (TPSA) is 114 Å². The second-order valence-electron chi connectivity index (χ2n) is 14.1. The Morgan fingerprint density at radius 3 is 2.24 bits per heavy atom. The van der Waals surface area contributed by atoms with Gasteiger partial charge in [-0.05, 0) is 66.0 Å². The minimum Gasteiger partial charge on any atom is -0.497 e. The normalized spacial score (nSPS) is 17.4. The monoisotopic (exact) mass is 715 g/mol. The van der Waals surface area contributed by atoms with Crippen LogP contribution in [0.2, 0.25) is 18.1 Å². The van der Waals surface area contributed by atoms with E-state index >= 15 is 0 Å². The third-order valence-corrected chi connectivity index (χ3v) is 14.9. The number of thioether (sulfide) groups is 1. The van der Waals surface area contributed by atoms with Crippen LogP contribution < -0.4 is 10.1 Å². The number of amides is 3.